The highest BCUT2D eigenvalue weighted by Crippen LogP contribution is 2.19. The second-order valence-corrected chi connectivity index (χ2v) is 13.3. The summed E-state index contributed by atoms with van der Waals surface area (Å²) < 4.78 is 0. The lowest BCUT2D eigenvalue weighted by Gasteiger charge is -2.23. The molecule has 0 bridgehead atoms. The number of carbonyl (C=O) groups is 4. The van der Waals surface area contributed by atoms with Gasteiger partial charge in [0.2, 0.25) is 11.8 Å². The molecule has 0 aromatic heterocycles. The molecule has 0 aromatic carbocycles. The highest BCUT2D eigenvalue weighted by atomic mass is 16.2. The summed E-state index contributed by atoms with van der Waals surface area (Å²) in [5.74, 6) is -0.175. The number of urea groups is 1. The first-order valence-electron chi connectivity index (χ1n) is 18.2. The third-order valence-corrected chi connectivity index (χ3v) is 8.63. The first-order valence-corrected chi connectivity index (χ1v) is 18.2. The van der Waals surface area contributed by atoms with Crippen molar-refractivity contribution in [3.05, 3.63) is 0 Å². The van der Waals surface area contributed by atoms with E-state index in [0.717, 1.165) is 23.7 Å². The fourth-order valence-electron chi connectivity index (χ4n) is 6.02. The summed E-state index contributed by atoms with van der Waals surface area (Å²) in [4.78, 5) is 59.4. The number of guanidine groups is 1. The van der Waals surface area contributed by atoms with E-state index >= 15 is 0 Å². The first kappa shape index (κ1) is 41.2. The number of amides is 5. The van der Waals surface area contributed by atoms with Gasteiger partial charge in [0.1, 0.15) is 12.1 Å². The molecule has 1 unspecified atom stereocenters. The fourth-order valence-corrected chi connectivity index (χ4v) is 6.02. The molecule has 0 saturated carbocycles. The summed E-state index contributed by atoms with van der Waals surface area (Å²) in [5.41, 5.74) is 5.60. The SMILES string of the molecule is CCCCCCCCCCCCCCCCC(=O)NCCCC[C@@H]1NC(=O)N(C(CCCCN=C(N(C)C)N(C)C)C(N)=O)C1=O. The molecule has 1 fully saturated rings. The fraction of sp³-hybridized carbons (Fsp3) is 0.857. The number of aliphatic imine (C=N–C) groups is 1. The average Bonchev–Trinajstić information content (AvgIpc) is 3.28. The van der Waals surface area contributed by atoms with E-state index < -0.39 is 29.9 Å². The zero-order valence-corrected chi connectivity index (χ0v) is 29.9. The van der Waals surface area contributed by atoms with Gasteiger partial charge in [-0.05, 0) is 44.9 Å². The average molecular weight is 650 g/mol. The molecule has 4 N–H and O–H groups in total. The molecule has 1 saturated heterocycles. The molecule has 2 atom stereocenters. The van der Waals surface area contributed by atoms with Crippen LogP contribution < -0.4 is 16.4 Å². The molecule has 46 heavy (non-hydrogen) atoms. The lowest BCUT2D eigenvalue weighted by Crippen LogP contribution is -2.48. The Bertz CT molecular complexity index is 899. The molecule has 0 radical (unpaired) electrons. The molecule has 11 nitrogen and oxygen atoms in total. The molecule has 1 aliphatic heterocycles. The molecule has 266 valence electrons. The van der Waals surface area contributed by atoms with Crippen LogP contribution in [-0.4, -0.2) is 97.8 Å². The van der Waals surface area contributed by atoms with Crippen LogP contribution in [0.5, 0.6) is 0 Å². The minimum atomic E-state index is -0.974. The van der Waals surface area contributed by atoms with E-state index in [1.807, 2.05) is 38.0 Å². The van der Waals surface area contributed by atoms with Crippen molar-refractivity contribution in [3.8, 4) is 0 Å². The van der Waals surface area contributed by atoms with Crippen LogP contribution in [0, 0.1) is 0 Å². The Hall–Kier alpha value is -2.85. The Morgan fingerprint density at radius 3 is 1.87 bits per heavy atom. The predicted molar refractivity (Wildman–Crippen MR) is 187 cm³/mol. The summed E-state index contributed by atoms with van der Waals surface area (Å²) >= 11 is 0. The van der Waals surface area contributed by atoms with Crippen molar-refractivity contribution >= 4 is 29.7 Å². The largest absolute Gasteiger partial charge is 0.368 e. The third-order valence-electron chi connectivity index (χ3n) is 8.63. The molecule has 1 aliphatic rings. The maximum Gasteiger partial charge on any atom is 0.325 e. The van der Waals surface area contributed by atoms with Crippen LogP contribution in [0.25, 0.3) is 0 Å². The van der Waals surface area contributed by atoms with Gasteiger partial charge in [0.25, 0.3) is 5.91 Å². The number of rotatable bonds is 27. The van der Waals surface area contributed by atoms with E-state index in [1.165, 1.54) is 77.0 Å². The maximum atomic E-state index is 13.0. The van der Waals surface area contributed by atoms with E-state index in [9.17, 15) is 19.2 Å². The van der Waals surface area contributed by atoms with Crippen LogP contribution in [-0.2, 0) is 14.4 Å². The van der Waals surface area contributed by atoms with Gasteiger partial charge >= 0.3 is 6.03 Å². The molecule has 5 amide bonds. The molecular formula is C35H67N7O4. The predicted octanol–water partition coefficient (Wildman–Crippen LogP) is 5.57. The second-order valence-electron chi connectivity index (χ2n) is 13.3. The van der Waals surface area contributed by atoms with Crippen molar-refractivity contribution in [3.63, 3.8) is 0 Å². The van der Waals surface area contributed by atoms with Gasteiger partial charge in [-0.25, -0.2) is 9.69 Å². The highest BCUT2D eigenvalue weighted by molar-refractivity contribution is 6.07. The van der Waals surface area contributed by atoms with E-state index in [4.69, 9.17) is 5.73 Å². The van der Waals surface area contributed by atoms with E-state index in [-0.39, 0.29) is 5.91 Å². The molecule has 0 aromatic rings. The summed E-state index contributed by atoms with van der Waals surface area (Å²) in [6.07, 6.45) is 22.1. The molecule has 0 aliphatic carbocycles. The third kappa shape index (κ3) is 17.7. The number of hydrogen-bond acceptors (Lipinski definition) is 5. The number of hydrogen-bond donors (Lipinski definition) is 3. The van der Waals surface area contributed by atoms with Crippen molar-refractivity contribution < 1.29 is 19.2 Å². The van der Waals surface area contributed by atoms with Crippen LogP contribution in [0.1, 0.15) is 142 Å². The van der Waals surface area contributed by atoms with Gasteiger partial charge in [-0.2, -0.15) is 0 Å². The minimum Gasteiger partial charge on any atom is -0.368 e. The van der Waals surface area contributed by atoms with Crippen molar-refractivity contribution in [2.45, 2.75) is 154 Å². The summed E-state index contributed by atoms with van der Waals surface area (Å²) in [6.45, 7) is 3.37. The van der Waals surface area contributed by atoms with E-state index in [0.29, 0.717) is 58.0 Å². The standard InChI is InChI=1S/C35H67N7O4/c1-6-7-8-9-10-11-12-13-14-15-16-17-18-19-26-31(43)37-27-22-20-24-29-33(45)42(35(46)39-29)30(32(36)44)25-21-23-28-38-34(40(2)3)41(4)5/h29-30H,6-28H2,1-5H3,(H2,36,44)(H,37,43)(H,39,46)/t29-,30?/m0/s1. The van der Waals surface area contributed by atoms with Gasteiger partial charge in [-0.1, -0.05) is 90.4 Å². The van der Waals surface area contributed by atoms with Crippen LogP contribution in [0.4, 0.5) is 4.79 Å². The van der Waals surface area contributed by atoms with Gasteiger partial charge in [0.15, 0.2) is 5.96 Å². The number of primary amides is 1. The van der Waals surface area contributed by atoms with Crippen LogP contribution >= 0.6 is 0 Å². The lowest BCUT2D eigenvalue weighted by atomic mass is 10.0. The molecule has 0 spiro atoms. The van der Waals surface area contributed by atoms with Gasteiger partial charge in [-0.15, -0.1) is 0 Å². The molecular weight excluding hydrogens is 582 g/mol. The van der Waals surface area contributed by atoms with Crippen molar-refractivity contribution in [1.82, 2.24) is 25.3 Å². The second kappa shape index (κ2) is 25.3. The minimum absolute atomic E-state index is 0.0741. The number of carbonyl (C=O) groups excluding carboxylic acids is 4. The molecule has 1 heterocycles. The summed E-state index contributed by atoms with van der Waals surface area (Å²) in [5, 5.41) is 5.68. The zero-order chi connectivity index (χ0) is 34.2. The topological polar surface area (TPSA) is 140 Å². The lowest BCUT2D eigenvalue weighted by molar-refractivity contribution is -0.135. The molecule has 11 heteroatoms. The monoisotopic (exact) mass is 650 g/mol. The molecule has 1 rings (SSSR count). The van der Waals surface area contributed by atoms with Crippen LogP contribution in [0.2, 0.25) is 0 Å². The summed E-state index contributed by atoms with van der Waals surface area (Å²) in [6, 6.07) is -2.22. The quantitative estimate of drug-likeness (QED) is 0.0460. The Morgan fingerprint density at radius 1 is 0.804 bits per heavy atom. The van der Waals surface area contributed by atoms with Gasteiger partial charge in [0.05, 0.1) is 0 Å². The van der Waals surface area contributed by atoms with Crippen molar-refractivity contribution in [2.75, 3.05) is 41.3 Å². The maximum absolute atomic E-state index is 13.0. The number of unbranched alkanes of at least 4 members (excludes halogenated alkanes) is 15. The number of nitrogens with one attached hydrogen (secondary N) is 2. The zero-order valence-electron chi connectivity index (χ0n) is 29.9. The number of nitrogens with two attached hydrogens (primary N) is 1. The smallest absolute Gasteiger partial charge is 0.325 e. The van der Waals surface area contributed by atoms with Gasteiger partial charge in [0, 0.05) is 47.7 Å². The van der Waals surface area contributed by atoms with Crippen LogP contribution in [0.15, 0.2) is 4.99 Å². The van der Waals surface area contributed by atoms with E-state index in [1.54, 1.807) is 0 Å². The van der Waals surface area contributed by atoms with Crippen molar-refractivity contribution in [2.24, 2.45) is 10.7 Å². The first-order chi connectivity index (χ1) is 22.1. The Kier molecular flexibility index (Phi) is 22.6. The number of imide groups is 1. The summed E-state index contributed by atoms with van der Waals surface area (Å²) in [7, 11) is 7.70. The van der Waals surface area contributed by atoms with Gasteiger partial charge < -0.3 is 26.2 Å². The van der Waals surface area contributed by atoms with E-state index in [2.05, 4.69) is 22.5 Å². The normalized spacial score (nSPS) is 15.1. The Balaban J connectivity index is 2.16. The number of nitrogens with zero attached hydrogens (tertiary/aromatic N) is 4. The van der Waals surface area contributed by atoms with Crippen LogP contribution in [0.3, 0.4) is 0 Å². The Labute approximate surface area is 279 Å². The van der Waals surface area contributed by atoms with Gasteiger partial charge in [-0.3, -0.25) is 19.4 Å². The van der Waals surface area contributed by atoms with Crippen molar-refractivity contribution in [1.29, 1.82) is 0 Å². The Morgan fingerprint density at radius 2 is 1.35 bits per heavy atom. The highest BCUT2D eigenvalue weighted by Gasteiger charge is 2.43.